The number of benzene rings is 2. The maximum atomic E-state index is 13.4. The van der Waals surface area contributed by atoms with Crippen LogP contribution in [0.1, 0.15) is 18.4 Å². The van der Waals surface area contributed by atoms with Gasteiger partial charge in [-0.2, -0.15) is 0 Å². The fourth-order valence-electron chi connectivity index (χ4n) is 5.95. The molecule has 1 aliphatic carbocycles. The van der Waals surface area contributed by atoms with Crippen molar-refractivity contribution in [3.8, 4) is 11.5 Å². The summed E-state index contributed by atoms with van der Waals surface area (Å²) >= 11 is 0. The molecule has 5 rings (SSSR count). The Bertz CT molecular complexity index is 1260. The maximum Gasteiger partial charge on any atom is 0.244 e. The van der Waals surface area contributed by atoms with Gasteiger partial charge in [0.2, 0.25) is 10.0 Å². The van der Waals surface area contributed by atoms with Gasteiger partial charge in [-0.1, -0.05) is 12.1 Å². The van der Waals surface area contributed by atoms with Crippen LogP contribution in [-0.4, -0.2) is 107 Å². The Kier molecular flexibility index (Phi) is 8.86. The van der Waals surface area contributed by atoms with Crippen molar-refractivity contribution in [2.75, 3.05) is 64.6 Å². The van der Waals surface area contributed by atoms with Crippen LogP contribution in [0.4, 0.5) is 5.69 Å². The highest BCUT2D eigenvalue weighted by atomic mass is 32.2. The molecule has 0 aromatic heterocycles. The minimum absolute atomic E-state index is 0.0141. The first-order valence-corrected chi connectivity index (χ1v) is 15.1. The number of ether oxygens (including phenoxy) is 3. The number of sulfonamides is 1. The SMILES string of the molecule is COc1cccc(CN2C[C@@H](O)CNS(=O)(=O)c3ccc(N4CCOCC4)cc3OCC3(C[C@@H](O)[C@@H](O)C3)C2)c1. The van der Waals surface area contributed by atoms with E-state index in [9.17, 15) is 23.7 Å². The number of aliphatic hydroxyl groups excluding tert-OH is 3. The summed E-state index contributed by atoms with van der Waals surface area (Å²) in [4.78, 5) is 4.12. The van der Waals surface area contributed by atoms with Crippen LogP contribution in [0.2, 0.25) is 0 Å². The average molecular weight is 578 g/mol. The summed E-state index contributed by atoms with van der Waals surface area (Å²) in [6.45, 7) is 3.47. The molecular formula is C28H39N3O8S. The number of β-amino-alcohol motifs (C(OH)–C–C–N with tert-alkyl or cyclic N) is 1. The van der Waals surface area contributed by atoms with Crippen LogP contribution in [0.5, 0.6) is 11.5 Å². The van der Waals surface area contributed by atoms with Crippen molar-refractivity contribution < 1.29 is 37.9 Å². The van der Waals surface area contributed by atoms with Gasteiger partial charge in [-0.05, 0) is 42.7 Å². The number of rotatable bonds is 4. The highest BCUT2D eigenvalue weighted by molar-refractivity contribution is 7.89. The van der Waals surface area contributed by atoms with E-state index >= 15 is 0 Å². The molecule has 1 saturated carbocycles. The Morgan fingerprint density at radius 1 is 1.07 bits per heavy atom. The van der Waals surface area contributed by atoms with Crippen LogP contribution >= 0.6 is 0 Å². The van der Waals surface area contributed by atoms with E-state index in [-0.39, 0.29) is 43.2 Å². The predicted molar refractivity (Wildman–Crippen MR) is 148 cm³/mol. The number of nitrogens with one attached hydrogen (secondary N) is 1. The molecule has 2 fully saturated rings. The third kappa shape index (κ3) is 6.71. The molecule has 11 nitrogen and oxygen atoms in total. The average Bonchev–Trinajstić information content (AvgIpc) is 3.23. The summed E-state index contributed by atoms with van der Waals surface area (Å²) in [6.07, 6.45) is -2.29. The summed E-state index contributed by atoms with van der Waals surface area (Å²) in [5.74, 6) is 0.902. The van der Waals surface area contributed by atoms with E-state index in [1.165, 1.54) is 6.07 Å². The highest BCUT2D eigenvalue weighted by Crippen LogP contribution is 2.41. The van der Waals surface area contributed by atoms with Gasteiger partial charge in [0, 0.05) is 56.4 Å². The van der Waals surface area contributed by atoms with E-state index < -0.39 is 33.8 Å². The number of nitrogens with zero attached hydrogens (tertiary/aromatic N) is 2. The third-order valence-electron chi connectivity index (χ3n) is 7.93. The first-order chi connectivity index (χ1) is 19.2. The molecular weight excluding hydrogens is 538 g/mol. The third-order valence-corrected chi connectivity index (χ3v) is 9.40. The largest absolute Gasteiger partial charge is 0.497 e. The topological polar surface area (TPSA) is 141 Å². The molecule has 2 aromatic rings. The van der Waals surface area contributed by atoms with Gasteiger partial charge in [0.05, 0.1) is 45.2 Å². The number of fused-ring (bicyclic) bond motifs is 1. The van der Waals surface area contributed by atoms with Crippen molar-refractivity contribution in [2.45, 2.75) is 42.6 Å². The molecule has 4 atom stereocenters. The van der Waals surface area contributed by atoms with Crippen molar-refractivity contribution in [2.24, 2.45) is 5.41 Å². The van der Waals surface area contributed by atoms with E-state index in [0.29, 0.717) is 45.1 Å². The second-order valence-corrected chi connectivity index (χ2v) is 12.8. The fourth-order valence-corrected chi connectivity index (χ4v) is 7.15. The smallest absolute Gasteiger partial charge is 0.244 e. The molecule has 2 aliphatic heterocycles. The van der Waals surface area contributed by atoms with E-state index in [0.717, 1.165) is 11.3 Å². The number of methoxy groups -OCH3 is 1. The summed E-state index contributed by atoms with van der Waals surface area (Å²) in [5.41, 5.74) is 1.10. The summed E-state index contributed by atoms with van der Waals surface area (Å²) in [7, 11) is -2.41. The van der Waals surface area contributed by atoms with Crippen LogP contribution in [0, 0.1) is 5.41 Å². The monoisotopic (exact) mass is 577 g/mol. The number of aliphatic hydroxyl groups is 3. The van der Waals surface area contributed by atoms with Crippen molar-refractivity contribution >= 4 is 15.7 Å². The Balaban J connectivity index is 1.49. The second-order valence-electron chi connectivity index (χ2n) is 11.1. The lowest BCUT2D eigenvalue weighted by molar-refractivity contribution is 0.0427. The number of hydrogen-bond acceptors (Lipinski definition) is 10. The molecule has 3 aliphatic rings. The molecule has 1 unspecified atom stereocenters. The first kappa shape index (κ1) is 29.1. The summed E-state index contributed by atoms with van der Waals surface area (Å²) in [5, 5.41) is 32.1. The predicted octanol–water partition coefficient (Wildman–Crippen LogP) is 0.568. The first-order valence-electron chi connectivity index (χ1n) is 13.7. The van der Waals surface area contributed by atoms with Crippen LogP contribution in [0.25, 0.3) is 0 Å². The Labute approximate surface area is 235 Å². The molecule has 1 spiro atoms. The number of hydrogen-bond donors (Lipinski definition) is 4. The van der Waals surface area contributed by atoms with Crippen molar-refractivity contribution in [3.05, 3.63) is 48.0 Å². The fraction of sp³-hybridized carbons (Fsp3) is 0.571. The Hall–Kier alpha value is -2.45. The van der Waals surface area contributed by atoms with Gasteiger partial charge in [-0.3, -0.25) is 4.90 Å². The van der Waals surface area contributed by atoms with Crippen molar-refractivity contribution in [1.29, 1.82) is 0 Å². The molecule has 1 saturated heterocycles. The van der Waals surface area contributed by atoms with Gasteiger partial charge in [-0.15, -0.1) is 0 Å². The molecule has 0 bridgehead atoms. The molecule has 12 heteroatoms. The van der Waals surface area contributed by atoms with Crippen LogP contribution < -0.4 is 19.1 Å². The van der Waals surface area contributed by atoms with E-state index in [1.807, 2.05) is 29.2 Å². The van der Waals surface area contributed by atoms with Gasteiger partial charge >= 0.3 is 0 Å². The van der Waals surface area contributed by atoms with Gasteiger partial charge in [0.25, 0.3) is 0 Å². The second kappa shape index (κ2) is 12.2. The van der Waals surface area contributed by atoms with Gasteiger partial charge in [0.15, 0.2) is 0 Å². The maximum absolute atomic E-state index is 13.4. The van der Waals surface area contributed by atoms with E-state index in [1.54, 1.807) is 19.2 Å². The number of anilines is 1. The lowest BCUT2D eigenvalue weighted by Crippen LogP contribution is -2.46. The highest BCUT2D eigenvalue weighted by Gasteiger charge is 2.46. The van der Waals surface area contributed by atoms with Gasteiger partial charge in [0.1, 0.15) is 16.4 Å². The molecule has 0 radical (unpaired) electrons. The molecule has 0 amide bonds. The summed E-state index contributed by atoms with van der Waals surface area (Å²) in [6, 6.07) is 12.6. The zero-order valence-electron chi connectivity index (χ0n) is 22.7. The molecule has 220 valence electrons. The zero-order valence-corrected chi connectivity index (χ0v) is 23.6. The van der Waals surface area contributed by atoms with E-state index in [4.69, 9.17) is 14.2 Å². The minimum atomic E-state index is -4.00. The molecule has 2 heterocycles. The lowest BCUT2D eigenvalue weighted by atomic mass is 9.85. The Morgan fingerprint density at radius 3 is 2.55 bits per heavy atom. The van der Waals surface area contributed by atoms with Crippen LogP contribution in [0.3, 0.4) is 0 Å². The summed E-state index contributed by atoms with van der Waals surface area (Å²) < 4.78 is 46.4. The quantitative estimate of drug-likeness (QED) is 0.408. The van der Waals surface area contributed by atoms with Crippen molar-refractivity contribution in [3.63, 3.8) is 0 Å². The molecule has 40 heavy (non-hydrogen) atoms. The normalized spacial score (nSPS) is 29.7. The minimum Gasteiger partial charge on any atom is -0.497 e. The van der Waals surface area contributed by atoms with Crippen LogP contribution in [0.15, 0.2) is 47.4 Å². The number of morpholine rings is 1. The standard InChI is InChI=1S/C28H39N3O8S/c1-37-23-4-2-3-20(11-23)16-30-17-22(32)15-29-40(35,36)27-6-5-21(31-7-9-38-10-8-31)12-26(27)39-19-28(18-30)13-24(33)25(34)14-28/h2-6,11-12,22,24-25,29,32-34H,7-10,13-19H2,1H3/t22-,24-,25+,28?/m0/s1. The van der Waals surface area contributed by atoms with E-state index in [2.05, 4.69) is 9.62 Å². The zero-order chi connectivity index (χ0) is 28.3. The Morgan fingerprint density at radius 2 is 1.82 bits per heavy atom. The van der Waals surface area contributed by atoms with Crippen LogP contribution in [-0.2, 0) is 21.3 Å². The molecule has 4 N–H and O–H groups in total. The lowest BCUT2D eigenvalue weighted by Gasteiger charge is -2.37. The molecule has 2 aromatic carbocycles. The van der Waals surface area contributed by atoms with Crippen molar-refractivity contribution in [1.82, 2.24) is 9.62 Å². The van der Waals surface area contributed by atoms with Gasteiger partial charge < -0.3 is 34.4 Å². The van der Waals surface area contributed by atoms with Gasteiger partial charge in [-0.25, -0.2) is 13.1 Å².